The van der Waals surface area contributed by atoms with E-state index in [2.05, 4.69) is 0 Å². The van der Waals surface area contributed by atoms with Crippen molar-refractivity contribution in [3.05, 3.63) is 34.3 Å². The summed E-state index contributed by atoms with van der Waals surface area (Å²) in [4.78, 5) is 0. The fraction of sp³-hybridized carbons (Fsp3) is 0.571. The van der Waals surface area contributed by atoms with Crippen LogP contribution in [0.4, 0.5) is 0 Å². The van der Waals surface area contributed by atoms with E-state index in [0.29, 0.717) is 24.4 Å². The van der Waals surface area contributed by atoms with Crippen LogP contribution in [-0.2, 0) is 11.2 Å². The van der Waals surface area contributed by atoms with Gasteiger partial charge in [0.1, 0.15) is 0 Å². The van der Waals surface area contributed by atoms with Crippen molar-refractivity contribution >= 4 is 11.6 Å². The Balaban J connectivity index is 2.81. The molecule has 1 atom stereocenters. The molecule has 0 bridgehead atoms. The van der Waals surface area contributed by atoms with Gasteiger partial charge in [-0.3, -0.25) is 0 Å². The smallest absolute Gasteiger partial charge is 0.0921 e. The number of hydrogen-bond donors (Lipinski definition) is 2. The predicted octanol–water partition coefficient (Wildman–Crippen LogP) is 2.31. The zero-order chi connectivity index (χ0) is 13.6. The van der Waals surface area contributed by atoms with Gasteiger partial charge in [0.2, 0.25) is 0 Å². The summed E-state index contributed by atoms with van der Waals surface area (Å²) in [6.07, 6.45) is 1.87. The monoisotopic (exact) mass is 271 g/mol. The van der Waals surface area contributed by atoms with Gasteiger partial charge in [-0.05, 0) is 43.5 Å². The molecule has 0 amide bonds. The molecule has 3 nitrogen and oxygen atoms in total. The molecule has 0 radical (unpaired) electrons. The highest BCUT2D eigenvalue weighted by Gasteiger charge is 2.27. The van der Waals surface area contributed by atoms with Crippen LogP contribution in [0.5, 0.6) is 0 Å². The number of rotatable bonds is 7. The summed E-state index contributed by atoms with van der Waals surface area (Å²) < 4.78 is 5.11. The third-order valence-electron chi connectivity index (χ3n) is 2.99. The quantitative estimate of drug-likeness (QED) is 0.800. The van der Waals surface area contributed by atoms with Crippen LogP contribution in [0.3, 0.4) is 0 Å². The molecule has 0 aromatic heterocycles. The lowest BCUT2D eigenvalue weighted by Crippen LogP contribution is -2.37. The van der Waals surface area contributed by atoms with Crippen LogP contribution >= 0.6 is 11.6 Å². The first-order valence-corrected chi connectivity index (χ1v) is 6.55. The lowest BCUT2D eigenvalue weighted by molar-refractivity contribution is -0.0375. The van der Waals surface area contributed by atoms with Crippen LogP contribution in [0.15, 0.2) is 18.2 Å². The minimum Gasteiger partial charge on any atom is -0.387 e. The van der Waals surface area contributed by atoms with Gasteiger partial charge in [0.25, 0.3) is 0 Å². The molecule has 18 heavy (non-hydrogen) atoms. The number of nitrogens with two attached hydrogens (primary N) is 1. The summed E-state index contributed by atoms with van der Waals surface area (Å²) in [5.74, 6) is 0. The summed E-state index contributed by atoms with van der Waals surface area (Å²) in [5.41, 5.74) is 6.66. The van der Waals surface area contributed by atoms with E-state index in [-0.39, 0.29) is 6.61 Å². The van der Waals surface area contributed by atoms with Crippen LogP contribution in [0.25, 0.3) is 0 Å². The molecule has 0 aliphatic rings. The Hall–Kier alpha value is -0.610. The highest BCUT2D eigenvalue weighted by Crippen LogP contribution is 2.25. The number of benzene rings is 1. The fourth-order valence-corrected chi connectivity index (χ4v) is 2.36. The van der Waals surface area contributed by atoms with Crippen LogP contribution in [0, 0.1) is 6.92 Å². The number of aryl methyl sites for hydroxylation is 1. The average Bonchev–Trinajstić information content (AvgIpc) is 2.31. The van der Waals surface area contributed by atoms with Gasteiger partial charge in [0.15, 0.2) is 0 Å². The van der Waals surface area contributed by atoms with Crippen molar-refractivity contribution < 1.29 is 9.84 Å². The maximum absolute atomic E-state index is 10.6. The summed E-state index contributed by atoms with van der Waals surface area (Å²) in [6, 6.07) is 5.87. The van der Waals surface area contributed by atoms with E-state index in [0.717, 1.165) is 17.5 Å². The number of ether oxygens (including phenoxy) is 1. The molecule has 1 aromatic carbocycles. The Bertz CT molecular complexity index is 384. The first-order valence-electron chi connectivity index (χ1n) is 6.17. The van der Waals surface area contributed by atoms with Crippen LogP contribution in [0.2, 0.25) is 5.02 Å². The van der Waals surface area contributed by atoms with Crippen LogP contribution in [-0.4, -0.2) is 31.0 Å². The first kappa shape index (κ1) is 15.4. The van der Waals surface area contributed by atoms with E-state index < -0.39 is 5.60 Å². The highest BCUT2D eigenvalue weighted by molar-refractivity contribution is 6.31. The summed E-state index contributed by atoms with van der Waals surface area (Å²) in [7, 11) is 1.59. The third kappa shape index (κ3) is 4.58. The molecule has 0 saturated heterocycles. The molecular formula is C14H22ClNO2. The number of methoxy groups -OCH3 is 1. The molecule has 1 unspecified atom stereocenters. The van der Waals surface area contributed by atoms with Crippen molar-refractivity contribution in [3.63, 3.8) is 0 Å². The van der Waals surface area contributed by atoms with Gasteiger partial charge in [0.05, 0.1) is 12.2 Å². The molecule has 0 saturated carbocycles. The van der Waals surface area contributed by atoms with Crippen molar-refractivity contribution in [1.82, 2.24) is 0 Å². The van der Waals surface area contributed by atoms with E-state index in [4.69, 9.17) is 22.1 Å². The number of hydrogen-bond acceptors (Lipinski definition) is 3. The third-order valence-corrected chi connectivity index (χ3v) is 3.34. The summed E-state index contributed by atoms with van der Waals surface area (Å²) in [6.45, 7) is 2.84. The number of aliphatic hydroxyl groups is 1. The zero-order valence-corrected chi connectivity index (χ0v) is 11.8. The van der Waals surface area contributed by atoms with Crippen molar-refractivity contribution in [3.8, 4) is 0 Å². The fourth-order valence-electron chi connectivity index (χ4n) is 2.06. The van der Waals surface area contributed by atoms with Crippen LogP contribution in [0.1, 0.15) is 24.0 Å². The molecule has 1 rings (SSSR count). The second-order valence-corrected chi connectivity index (χ2v) is 5.23. The Morgan fingerprint density at radius 2 is 2.17 bits per heavy atom. The van der Waals surface area contributed by atoms with Gasteiger partial charge in [0, 0.05) is 18.6 Å². The maximum atomic E-state index is 10.6. The lowest BCUT2D eigenvalue weighted by Gasteiger charge is -2.28. The Morgan fingerprint density at radius 3 is 2.72 bits per heavy atom. The van der Waals surface area contributed by atoms with E-state index in [1.54, 1.807) is 7.11 Å². The van der Waals surface area contributed by atoms with Crippen molar-refractivity contribution in [2.45, 2.75) is 31.8 Å². The second kappa shape index (κ2) is 7.10. The zero-order valence-electron chi connectivity index (χ0n) is 11.1. The minimum absolute atomic E-state index is 0.289. The molecule has 102 valence electrons. The SMILES string of the molecule is COCC(O)(CCCN)Cc1ccc(C)cc1Cl. The normalized spacial score (nSPS) is 14.5. The Kier molecular flexibility index (Phi) is 6.09. The van der Waals surface area contributed by atoms with Crippen molar-refractivity contribution in [2.24, 2.45) is 5.73 Å². The number of halogens is 1. The predicted molar refractivity (Wildman–Crippen MR) is 75.0 cm³/mol. The molecule has 0 aliphatic carbocycles. The maximum Gasteiger partial charge on any atom is 0.0921 e. The molecule has 3 N–H and O–H groups in total. The van der Waals surface area contributed by atoms with Gasteiger partial charge >= 0.3 is 0 Å². The van der Waals surface area contributed by atoms with Gasteiger partial charge in [-0.15, -0.1) is 0 Å². The lowest BCUT2D eigenvalue weighted by atomic mass is 9.90. The molecule has 4 heteroatoms. The van der Waals surface area contributed by atoms with Crippen molar-refractivity contribution in [2.75, 3.05) is 20.3 Å². The topological polar surface area (TPSA) is 55.5 Å². The van der Waals surface area contributed by atoms with E-state index in [9.17, 15) is 5.11 Å². The van der Waals surface area contributed by atoms with Crippen molar-refractivity contribution in [1.29, 1.82) is 0 Å². The summed E-state index contributed by atoms with van der Waals surface area (Å²) in [5, 5.41) is 11.2. The van der Waals surface area contributed by atoms with E-state index in [1.165, 1.54) is 0 Å². The Labute approximate surface area is 114 Å². The van der Waals surface area contributed by atoms with E-state index in [1.807, 2.05) is 25.1 Å². The molecule has 0 aliphatic heterocycles. The molecule has 0 heterocycles. The molecular weight excluding hydrogens is 250 g/mol. The van der Waals surface area contributed by atoms with Gasteiger partial charge in [-0.1, -0.05) is 23.7 Å². The largest absolute Gasteiger partial charge is 0.387 e. The van der Waals surface area contributed by atoms with E-state index >= 15 is 0 Å². The standard InChI is InChI=1S/C14H22ClNO2/c1-11-4-5-12(13(15)8-11)9-14(17,10-18-2)6-3-7-16/h4-5,8,17H,3,6-7,9-10,16H2,1-2H3. The van der Waals surface area contributed by atoms with Gasteiger partial charge in [-0.2, -0.15) is 0 Å². The highest BCUT2D eigenvalue weighted by atomic mass is 35.5. The molecule has 0 fully saturated rings. The Morgan fingerprint density at radius 1 is 1.44 bits per heavy atom. The summed E-state index contributed by atoms with van der Waals surface area (Å²) >= 11 is 6.19. The first-order chi connectivity index (χ1) is 8.50. The average molecular weight is 272 g/mol. The minimum atomic E-state index is -0.896. The van der Waals surface area contributed by atoms with Crippen LogP contribution < -0.4 is 5.73 Å². The van der Waals surface area contributed by atoms with Gasteiger partial charge < -0.3 is 15.6 Å². The molecule has 1 aromatic rings. The second-order valence-electron chi connectivity index (χ2n) is 4.82. The molecule has 0 spiro atoms. The van der Waals surface area contributed by atoms with Gasteiger partial charge in [-0.25, -0.2) is 0 Å².